The Morgan fingerprint density at radius 2 is 1.90 bits per heavy atom. The van der Waals surface area contributed by atoms with Gasteiger partial charge in [0.25, 0.3) is 0 Å². The number of ether oxygens (including phenoxy) is 1. The summed E-state index contributed by atoms with van der Waals surface area (Å²) in [5, 5.41) is 0. The molecule has 0 spiro atoms. The van der Waals surface area contributed by atoms with Crippen LogP contribution in [0.25, 0.3) is 11.6 Å². The molecule has 0 N–H and O–H groups in total. The average Bonchev–Trinajstić information content (AvgIpc) is 3.60. The minimum atomic E-state index is -0.930. The molecule has 0 bridgehead atoms. The normalized spacial score (nSPS) is 18.2. The van der Waals surface area contributed by atoms with Crippen LogP contribution in [0.5, 0.6) is 5.75 Å². The van der Waals surface area contributed by atoms with Gasteiger partial charge in [-0.1, -0.05) is 0 Å². The van der Waals surface area contributed by atoms with E-state index in [2.05, 4.69) is 19.9 Å². The molecule has 6 nitrogen and oxygen atoms in total. The lowest BCUT2D eigenvalue weighted by Crippen LogP contribution is -2.35. The van der Waals surface area contributed by atoms with Gasteiger partial charge in [-0.05, 0) is 31.7 Å². The van der Waals surface area contributed by atoms with E-state index in [0.717, 1.165) is 24.1 Å². The zero-order valence-electron chi connectivity index (χ0n) is 16.6. The monoisotopic (exact) mass is 409 g/mol. The summed E-state index contributed by atoms with van der Waals surface area (Å²) in [4.78, 5) is 19.5. The van der Waals surface area contributed by atoms with Gasteiger partial charge < -0.3 is 9.64 Å². The van der Waals surface area contributed by atoms with Crippen molar-refractivity contribution >= 4 is 5.69 Å². The van der Waals surface area contributed by atoms with Crippen molar-refractivity contribution in [3.8, 4) is 17.4 Å². The number of nitrogens with zero attached hydrogens (tertiary/aromatic N) is 5. The third-order valence-corrected chi connectivity index (χ3v) is 5.66. The third kappa shape index (κ3) is 3.58. The van der Waals surface area contributed by atoms with Gasteiger partial charge in [-0.2, -0.15) is 4.39 Å². The van der Waals surface area contributed by atoms with Crippen LogP contribution in [0.2, 0.25) is 0 Å². The highest BCUT2D eigenvalue weighted by atomic mass is 19.2. The number of halogens is 2. The Bertz CT molecular complexity index is 1070. The minimum absolute atomic E-state index is 0.0253. The summed E-state index contributed by atoms with van der Waals surface area (Å²) < 4.78 is 34.1. The molecular weight excluding hydrogens is 388 g/mol. The van der Waals surface area contributed by atoms with E-state index < -0.39 is 11.6 Å². The first-order chi connectivity index (χ1) is 14.6. The Morgan fingerprint density at radius 1 is 1.10 bits per heavy atom. The molecule has 1 aromatic carbocycles. The fourth-order valence-corrected chi connectivity index (χ4v) is 3.75. The maximum absolute atomic E-state index is 14.3. The Kier molecular flexibility index (Phi) is 4.77. The molecule has 1 aliphatic heterocycles. The third-order valence-electron chi connectivity index (χ3n) is 5.66. The van der Waals surface area contributed by atoms with Crippen molar-refractivity contribution in [2.45, 2.75) is 32.2 Å². The molecule has 5 rings (SSSR count). The Morgan fingerprint density at radius 3 is 2.67 bits per heavy atom. The van der Waals surface area contributed by atoms with Crippen LogP contribution in [-0.4, -0.2) is 33.1 Å². The first kappa shape index (κ1) is 18.8. The zero-order valence-corrected chi connectivity index (χ0v) is 16.6. The van der Waals surface area contributed by atoms with Gasteiger partial charge in [0.1, 0.15) is 0 Å². The smallest absolute Gasteiger partial charge is 0.200 e. The van der Waals surface area contributed by atoms with Gasteiger partial charge in [-0.15, -0.1) is 0 Å². The van der Waals surface area contributed by atoms with Crippen molar-refractivity contribution in [2.24, 2.45) is 5.92 Å². The number of aromatic nitrogens is 4. The molecule has 1 aliphatic carbocycles. The Balaban J connectivity index is 1.42. The molecule has 154 valence electrons. The molecule has 2 aromatic heterocycles. The number of fused-ring (bicyclic) bond motifs is 1. The van der Waals surface area contributed by atoms with E-state index in [1.165, 1.54) is 6.07 Å². The fraction of sp³-hybridized carbons (Fsp3) is 0.364. The van der Waals surface area contributed by atoms with Crippen LogP contribution < -0.4 is 9.64 Å². The van der Waals surface area contributed by atoms with Gasteiger partial charge in [0.15, 0.2) is 23.2 Å². The number of anilines is 1. The van der Waals surface area contributed by atoms with Crippen LogP contribution in [-0.2, 0) is 6.42 Å². The molecular formula is C22H21F2N5O. The molecule has 1 unspecified atom stereocenters. The SMILES string of the molecule is CC1c2cnc(-c3ncccn3)nc2CCN1c1cc(F)c(F)c(OCC2CC2)c1. The number of hydrogen-bond donors (Lipinski definition) is 0. The molecule has 1 fully saturated rings. The Labute approximate surface area is 173 Å². The second-order valence-electron chi connectivity index (χ2n) is 7.78. The second-order valence-corrected chi connectivity index (χ2v) is 7.78. The maximum Gasteiger partial charge on any atom is 0.200 e. The van der Waals surface area contributed by atoms with E-state index in [-0.39, 0.29) is 11.8 Å². The highest BCUT2D eigenvalue weighted by Gasteiger charge is 2.28. The van der Waals surface area contributed by atoms with Gasteiger partial charge in [0, 0.05) is 54.9 Å². The summed E-state index contributed by atoms with van der Waals surface area (Å²) in [5.41, 5.74) is 2.46. The van der Waals surface area contributed by atoms with Crippen LogP contribution >= 0.6 is 0 Å². The second kappa shape index (κ2) is 7.59. The highest BCUT2D eigenvalue weighted by Crippen LogP contribution is 2.37. The van der Waals surface area contributed by atoms with Gasteiger partial charge in [-0.3, -0.25) is 0 Å². The predicted octanol–water partition coefficient (Wildman–Crippen LogP) is 4.12. The summed E-state index contributed by atoms with van der Waals surface area (Å²) in [6.45, 7) is 3.05. The molecule has 2 aliphatic rings. The van der Waals surface area contributed by atoms with E-state index in [1.807, 2.05) is 11.8 Å². The van der Waals surface area contributed by atoms with Crippen LogP contribution in [0.15, 0.2) is 36.8 Å². The van der Waals surface area contributed by atoms with Gasteiger partial charge in [-0.25, -0.2) is 24.3 Å². The predicted molar refractivity (Wildman–Crippen MR) is 107 cm³/mol. The molecule has 1 atom stereocenters. The fourth-order valence-electron chi connectivity index (χ4n) is 3.75. The maximum atomic E-state index is 14.3. The lowest BCUT2D eigenvalue weighted by atomic mass is 9.98. The molecule has 30 heavy (non-hydrogen) atoms. The summed E-state index contributed by atoms with van der Waals surface area (Å²) in [5.74, 6) is -0.434. The largest absolute Gasteiger partial charge is 0.490 e. The average molecular weight is 409 g/mol. The molecule has 1 saturated carbocycles. The van der Waals surface area contributed by atoms with Crippen LogP contribution in [0.1, 0.15) is 37.1 Å². The van der Waals surface area contributed by atoms with Crippen molar-refractivity contribution < 1.29 is 13.5 Å². The minimum Gasteiger partial charge on any atom is -0.490 e. The molecule has 0 amide bonds. The molecule has 3 aromatic rings. The van der Waals surface area contributed by atoms with Crippen LogP contribution in [0.4, 0.5) is 14.5 Å². The number of hydrogen-bond acceptors (Lipinski definition) is 6. The topological polar surface area (TPSA) is 64.0 Å². The molecule has 8 heteroatoms. The van der Waals surface area contributed by atoms with Crippen LogP contribution in [0, 0.1) is 17.6 Å². The van der Waals surface area contributed by atoms with Crippen molar-refractivity contribution in [3.05, 3.63) is 59.7 Å². The van der Waals surface area contributed by atoms with E-state index in [9.17, 15) is 8.78 Å². The van der Waals surface area contributed by atoms with Gasteiger partial charge >= 0.3 is 0 Å². The van der Waals surface area contributed by atoms with Crippen molar-refractivity contribution in [1.82, 2.24) is 19.9 Å². The van der Waals surface area contributed by atoms with Gasteiger partial charge in [0.05, 0.1) is 18.3 Å². The molecule has 0 radical (unpaired) electrons. The standard InChI is InChI=1S/C22H21F2N5O/c1-13-16-11-27-22(21-25-6-2-7-26-21)28-18(16)5-8-29(13)15-9-17(23)20(24)19(10-15)30-12-14-3-4-14/h2,6-7,9-11,13-14H,3-5,8,12H2,1H3. The highest BCUT2D eigenvalue weighted by molar-refractivity contribution is 5.55. The van der Waals surface area contributed by atoms with Gasteiger partial charge in [0.2, 0.25) is 5.82 Å². The quantitative estimate of drug-likeness (QED) is 0.632. The number of benzene rings is 1. The Hall–Kier alpha value is -3.16. The van der Waals surface area contributed by atoms with E-state index in [4.69, 9.17) is 4.74 Å². The van der Waals surface area contributed by atoms with Crippen molar-refractivity contribution in [1.29, 1.82) is 0 Å². The number of rotatable bonds is 5. The molecule has 3 heterocycles. The lowest BCUT2D eigenvalue weighted by Gasteiger charge is -2.36. The zero-order chi connectivity index (χ0) is 20.7. The van der Waals surface area contributed by atoms with E-state index in [1.54, 1.807) is 30.7 Å². The summed E-state index contributed by atoms with van der Waals surface area (Å²) in [6.07, 6.45) is 7.90. The first-order valence-corrected chi connectivity index (χ1v) is 10.1. The van der Waals surface area contributed by atoms with E-state index in [0.29, 0.717) is 42.8 Å². The van der Waals surface area contributed by atoms with E-state index >= 15 is 0 Å². The summed E-state index contributed by atoms with van der Waals surface area (Å²) >= 11 is 0. The van der Waals surface area contributed by atoms with Crippen LogP contribution in [0.3, 0.4) is 0 Å². The lowest BCUT2D eigenvalue weighted by molar-refractivity contribution is 0.280. The first-order valence-electron chi connectivity index (χ1n) is 10.1. The summed E-state index contributed by atoms with van der Waals surface area (Å²) in [7, 11) is 0. The summed E-state index contributed by atoms with van der Waals surface area (Å²) in [6, 6.07) is 4.47. The van der Waals surface area contributed by atoms with Crippen molar-refractivity contribution in [3.63, 3.8) is 0 Å². The van der Waals surface area contributed by atoms with Crippen molar-refractivity contribution in [2.75, 3.05) is 18.1 Å². The molecule has 0 saturated heterocycles.